The van der Waals surface area contributed by atoms with Crippen LogP contribution in [-0.2, 0) is 0 Å². The average Bonchev–Trinajstić information content (AvgIpc) is 2.33. The first-order chi connectivity index (χ1) is 8.97. The summed E-state index contributed by atoms with van der Waals surface area (Å²) in [7, 11) is 0. The summed E-state index contributed by atoms with van der Waals surface area (Å²) in [5.74, 6) is -0.0352. The van der Waals surface area contributed by atoms with Crippen molar-refractivity contribution in [1.82, 2.24) is 4.98 Å². The maximum absolute atomic E-state index is 13.1. The summed E-state index contributed by atoms with van der Waals surface area (Å²) in [6.07, 6.45) is 0. The highest BCUT2D eigenvalue weighted by Crippen LogP contribution is 2.30. The van der Waals surface area contributed by atoms with Crippen molar-refractivity contribution in [1.29, 1.82) is 0 Å². The molecule has 0 fully saturated rings. The Labute approximate surface area is 116 Å². The van der Waals surface area contributed by atoms with Crippen molar-refractivity contribution in [2.75, 3.05) is 0 Å². The van der Waals surface area contributed by atoms with Crippen molar-refractivity contribution in [3.05, 3.63) is 56.4 Å². The van der Waals surface area contributed by atoms with Gasteiger partial charge in [0.05, 0.1) is 9.40 Å². The van der Waals surface area contributed by atoms with E-state index in [1.54, 1.807) is 0 Å². The van der Waals surface area contributed by atoms with Gasteiger partial charge in [-0.15, -0.1) is 0 Å². The Balaban J connectivity index is 2.31. The van der Waals surface area contributed by atoms with Gasteiger partial charge in [0.1, 0.15) is 17.3 Å². The average molecular weight is 327 g/mol. The molecule has 0 aliphatic carbocycles. The third-order valence-electron chi connectivity index (χ3n) is 2.34. The van der Waals surface area contributed by atoms with E-state index in [-0.39, 0.29) is 23.0 Å². The molecular formula is C12H8BrFN2O3. The van der Waals surface area contributed by atoms with Crippen LogP contribution < -0.4 is 4.74 Å². The van der Waals surface area contributed by atoms with E-state index >= 15 is 0 Å². The molecule has 0 aliphatic heterocycles. The number of hydrogen-bond donors (Lipinski definition) is 0. The van der Waals surface area contributed by atoms with Gasteiger partial charge >= 0.3 is 0 Å². The van der Waals surface area contributed by atoms with E-state index in [4.69, 9.17) is 4.74 Å². The van der Waals surface area contributed by atoms with Crippen LogP contribution in [0.1, 0.15) is 5.69 Å². The van der Waals surface area contributed by atoms with E-state index in [2.05, 4.69) is 20.9 Å². The number of hydrogen-bond acceptors (Lipinski definition) is 4. The van der Waals surface area contributed by atoms with Crippen molar-refractivity contribution < 1.29 is 14.1 Å². The van der Waals surface area contributed by atoms with E-state index in [0.717, 1.165) is 0 Å². The predicted molar refractivity (Wildman–Crippen MR) is 69.8 cm³/mol. The first-order valence-electron chi connectivity index (χ1n) is 5.22. The third-order valence-corrected chi connectivity index (χ3v) is 2.99. The standard InChI is InChI=1S/C12H8BrFN2O3/c1-7-10(16(17)18)4-5-12(15-7)19-11-6-8(14)2-3-9(11)13/h2-6H,1H3. The monoisotopic (exact) mass is 326 g/mol. The van der Waals surface area contributed by atoms with Crippen LogP contribution in [0.3, 0.4) is 0 Å². The first kappa shape index (κ1) is 13.4. The molecule has 1 aromatic heterocycles. The number of aromatic nitrogens is 1. The molecule has 0 radical (unpaired) electrons. The molecule has 2 aromatic rings. The van der Waals surface area contributed by atoms with Crippen molar-refractivity contribution in [3.8, 4) is 11.6 Å². The zero-order chi connectivity index (χ0) is 14.0. The van der Waals surface area contributed by atoms with Gasteiger partial charge in [-0.25, -0.2) is 9.37 Å². The van der Waals surface area contributed by atoms with Crippen LogP contribution in [0.5, 0.6) is 11.6 Å². The van der Waals surface area contributed by atoms with Crippen molar-refractivity contribution in [2.24, 2.45) is 0 Å². The number of benzene rings is 1. The van der Waals surface area contributed by atoms with E-state index in [1.165, 1.54) is 37.3 Å². The minimum absolute atomic E-state index is 0.0920. The number of pyridine rings is 1. The van der Waals surface area contributed by atoms with Crippen LogP contribution in [0.15, 0.2) is 34.8 Å². The molecule has 0 saturated carbocycles. The molecule has 0 bridgehead atoms. The molecule has 0 atom stereocenters. The van der Waals surface area contributed by atoms with Crippen LogP contribution >= 0.6 is 15.9 Å². The molecule has 0 N–H and O–H groups in total. The van der Waals surface area contributed by atoms with E-state index in [0.29, 0.717) is 4.47 Å². The van der Waals surface area contributed by atoms with E-state index < -0.39 is 10.7 Å². The lowest BCUT2D eigenvalue weighted by atomic mass is 10.3. The molecule has 0 unspecified atom stereocenters. The molecule has 98 valence electrons. The fourth-order valence-corrected chi connectivity index (χ4v) is 1.78. The number of aryl methyl sites for hydroxylation is 1. The lowest BCUT2D eigenvalue weighted by Crippen LogP contribution is -1.96. The van der Waals surface area contributed by atoms with Gasteiger partial charge in [-0.2, -0.15) is 0 Å². The highest BCUT2D eigenvalue weighted by Gasteiger charge is 2.13. The second-order valence-corrected chi connectivity index (χ2v) is 4.54. The minimum Gasteiger partial charge on any atom is -0.438 e. The molecule has 1 aromatic carbocycles. The van der Waals surface area contributed by atoms with Crippen LogP contribution in [0.4, 0.5) is 10.1 Å². The SMILES string of the molecule is Cc1nc(Oc2cc(F)ccc2Br)ccc1[N+](=O)[O-]. The van der Waals surface area contributed by atoms with Gasteiger partial charge in [0.15, 0.2) is 0 Å². The molecule has 7 heteroatoms. The third kappa shape index (κ3) is 3.05. The molecule has 0 spiro atoms. The van der Waals surface area contributed by atoms with Gasteiger partial charge in [-0.1, -0.05) is 0 Å². The van der Waals surface area contributed by atoms with Gasteiger partial charge in [0.25, 0.3) is 5.69 Å². The Kier molecular flexibility index (Phi) is 3.75. The summed E-state index contributed by atoms with van der Waals surface area (Å²) < 4.78 is 19.0. The second-order valence-electron chi connectivity index (χ2n) is 3.69. The summed E-state index contributed by atoms with van der Waals surface area (Å²) in [5.41, 5.74) is 0.140. The van der Waals surface area contributed by atoms with Crippen LogP contribution in [0, 0.1) is 22.9 Å². The fourth-order valence-electron chi connectivity index (χ4n) is 1.45. The molecule has 0 saturated heterocycles. The van der Waals surface area contributed by atoms with Gasteiger partial charge in [0.2, 0.25) is 5.88 Å². The Morgan fingerprint density at radius 3 is 2.74 bits per heavy atom. The largest absolute Gasteiger partial charge is 0.438 e. The lowest BCUT2D eigenvalue weighted by molar-refractivity contribution is -0.385. The van der Waals surface area contributed by atoms with Gasteiger partial charge in [-0.05, 0) is 35.0 Å². The zero-order valence-electron chi connectivity index (χ0n) is 9.76. The summed E-state index contributed by atoms with van der Waals surface area (Å²) in [5, 5.41) is 10.7. The molecule has 0 aliphatic rings. The number of ether oxygens (including phenoxy) is 1. The topological polar surface area (TPSA) is 65.3 Å². The molecule has 5 nitrogen and oxygen atoms in total. The smallest absolute Gasteiger partial charge is 0.290 e. The molecule has 0 amide bonds. The minimum atomic E-state index is -0.524. The van der Waals surface area contributed by atoms with Crippen LogP contribution in [0.2, 0.25) is 0 Å². The Bertz CT molecular complexity index is 649. The Hall–Kier alpha value is -2.02. The maximum atomic E-state index is 13.1. The van der Waals surface area contributed by atoms with Crippen LogP contribution in [0.25, 0.3) is 0 Å². The normalized spacial score (nSPS) is 10.3. The summed E-state index contributed by atoms with van der Waals surface area (Å²) in [6, 6.07) is 6.64. The highest BCUT2D eigenvalue weighted by atomic mass is 79.9. The molecule has 1 heterocycles. The number of nitrogens with zero attached hydrogens (tertiary/aromatic N) is 2. The molecular weight excluding hydrogens is 319 g/mol. The number of halogens is 2. The zero-order valence-corrected chi connectivity index (χ0v) is 11.3. The first-order valence-corrected chi connectivity index (χ1v) is 6.01. The van der Waals surface area contributed by atoms with Crippen molar-refractivity contribution in [2.45, 2.75) is 6.92 Å². The maximum Gasteiger partial charge on any atom is 0.290 e. The molecule has 2 rings (SSSR count). The van der Waals surface area contributed by atoms with Gasteiger partial charge < -0.3 is 4.74 Å². The van der Waals surface area contributed by atoms with Crippen molar-refractivity contribution >= 4 is 21.6 Å². The van der Waals surface area contributed by atoms with E-state index in [9.17, 15) is 14.5 Å². The Morgan fingerprint density at radius 2 is 2.11 bits per heavy atom. The van der Waals surface area contributed by atoms with Crippen molar-refractivity contribution in [3.63, 3.8) is 0 Å². The lowest BCUT2D eigenvalue weighted by Gasteiger charge is -2.07. The van der Waals surface area contributed by atoms with Gasteiger partial charge in [0, 0.05) is 18.2 Å². The second kappa shape index (κ2) is 5.31. The summed E-state index contributed by atoms with van der Waals surface area (Å²) in [6.45, 7) is 1.51. The fraction of sp³-hybridized carbons (Fsp3) is 0.0833. The van der Waals surface area contributed by atoms with Crippen LogP contribution in [-0.4, -0.2) is 9.91 Å². The summed E-state index contributed by atoms with van der Waals surface area (Å²) >= 11 is 3.22. The highest BCUT2D eigenvalue weighted by molar-refractivity contribution is 9.10. The quantitative estimate of drug-likeness (QED) is 0.631. The number of rotatable bonds is 3. The summed E-state index contributed by atoms with van der Waals surface area (Å²) in [4.78, 5) is 14.1. The predicted octanol–water partition coefficient (Wildman–Crippen LogP) is 3.99. The van der Waals surface area contributed by atoms with Gasteiger partial charge in [-0.3, -0.25) is 10.1 Å². The van der Waals surface area contributed by atoms with E-state index in [1.807, 2.05) is 0 Å². The Morgan fingerprint density at radius 1 is 1.37 bits per heavy atom. The number of nitro groups is 1. The molecule has 19 heavy (non-hydrogen) atoms.